The summed E-state index contributed by atoms with van der Waals surface area (Å²) in [6.45, 7) is 9.95. The largest absolute Gasteiger partial charge is 0.378 e. The Morgan fingerprint density at radius 2 is 2.17 bits per heavy atom. The summed E-state index contributed by atoms with van der Waals surface area (Å²) < 4.78 is 5.40. The van der Waals surface area contributed by atoms with E-state index in [-0.39, 0.29) is 0 Å². The third kappa shape index (κ3) is 3.68. The molecule has 2 rings (SSSR count). The lowest BCUT2D eigenvalue weighted by Crippen LogP contribution is -2.37. The smallest absolute Gasteiger partial charge is 0.0642 e. The summed E-state index contributed by atoms with van der Waals surface area (Å²) in [7, 11) is 0. The zero-order valence-electron chi connectivity index (χ0n) is 11.4. The van der Waals surface area contributed by atoms with Gasteiger partial charge in [0.25, 0.3) is 0 Å². The third-order valence-corrected chi connectivity index (χ3v) is 3.11. The normalized spacial score (nSPS) is 16.3. The number of anilines is 1. The first-order valence-electron chi connectivity index (χ1n) is 6.73. The number of nitrogens with zero attached hydrogens (tertiary/aromatic N) is 2. The van der Waals surface area contributed by atoms with E-state index in [1.807, 2.05) is 12.4 Å². The minimum atomic E-state index is 0.679. The predicted molar refractivity (Wildman–Crippen MR) is 73.8 cm³/mol. The van der Waals surface area contributed by atoms with Crippen molar-refractivity contribution in [2.75, 3.05) is 37.7 Å². The van der Waals surface area contributed by atoms with Crippen molar-refractivity contribution in [1.82, 2.24) is 10.3 Å². The highest BCUT2D eigenvalue weighted by Crippen LogP contribution is 2.20. The van der Waals surface area contributed by atoms with Gasteiger partial charge in [-0.05, 0) is 24.1 Å². The number of hydrogen-bond donors (Lipinski definition) is 1. The van der Waals surface area contributed by atoms with Crippen LogP contribution in [0.4, 0.5) is 5.69 Å². The molecule has 100 valence electrons. The molecule has 0 amide bonds. The quantitative estimate of drug-likeness (QED) is 0.861. The zero-order valence-corrected chi connectivity index (χ0v) is 11.4. The van der Waals surface area contributed by atoms with Gasteiger partial charge in [0, 0.05) is 25.8 Å². The summed E-state index contributed by atoms with van der Waals surface area (Å²) in [5.74, 6) is 0.679. The first-order valence-corrected chi connectivity index (χ1v) is 6.73. The Morgan fingerprint density at radius 1 is 1.39 bits per heavy atom. The van der Waals surface area contributed by atoms with Gasteiger partial charge in [-0.3, -0.25) is 4.98 Å². The average Bonchev–Trinajstić information content (AvgIpc) is 2.40. The van der Waals surface area contributed by atoms with Crippen LogP contribution in [0, 0.1) is 5.92 Å². The topological polar surface area (TPSA) is 37.4 Å². The molecule has 1 fully saturated rings. The first-order chi connectivity index (χ1) is 8.77. The lowest BCUT2D eigenvalue weighted by molar-refractivity contribution is 0.122. The van der Waals surface area contributed by atoms with Gasteiger partial charge in [0.2, 0.25) is 0 Å². The van der Waals surface area contributed by atoms with Gasteiger partial charge in [-0.15, -0.1) is 0 Å². The molecule has 0 saturated carbocycles. The third-order valence-electron chi connectivity index (χ3n) is 3.11. The van der Waals surface area contributed by atoms with E-state index in [2.05, 4.69) is 35.1 Å². The number of ether oxygens (including phenoxy) is 1. The summed E-state index contributed by atoms with van der Waals surface area (Å²) in [6.07, 6.45) is 3.84. The molecule has 1 aliphatic heterocycles. The Labute approximate surface area is 109 Å². The number of pyridine rings is 1. The molecule has 0 radical (unpaired) electrons. The van der Waals surface area contributed by atoms with Gasteiger partial charge in [0.05, 0.1) is 25.1 Å². The molecule has 2 heterocycles. The molecule has 4 nitrogen and oxygen atoms in total. The lowest BCUT2D eigenvalue weighted by Gasteiger charge is -2.30. The fourth-order valence-corrected chi connectivity index (χ4v) is 2.15. The van der Waals surface area contributed by atoms with Crippen LogP contribution in [0.1, 0.15) is 19.4 Å². The second-order valence-electron chi connectivity index (χ2n) is 5.13. The molecule has 1 saturated heterocycles. The average molecular weight is 249 g/mol. The second kappa shape index (κ2) is 6.71. The maximum atomic E-state index is 5.40. The Morgan fingerprint density at radius 3 is 2.89 bits per heavy atom. The Balaban J connectivity index is 2.00. The molecule has 1 N–H and O–H groups in total. The highest BCUT2D eigenvalue weighted by Gasteiger charge is 2.14. The highest BCUT2D eigenvalue weighted by atomic mass is 16.5. The molecular formula is C14H23N3O. The van der Waals surface area contributed by atoms with Crippen molar-refractivity contribution >= 4 is 5.69 Å². The summed E-state index contributed by atoms with van der Waals surface area (Å²) in [4.78, 5) is 6.62. The standard InChI is InChI=1S/C14H23N3O/c1-12(2)9-16-10-13-3-4-15-11-14(13)17-5-7-18-8-6-17/h3-4,11-12,16H,5-10H2,1-2H3. The van der Waals surface area contributed by atoms with E-state index in [1.165, 1.54) is 11.3 Å². The van der Waals surface area contributed by atoms with E-state index < -0.39 is 0 Å². The molecular weight excluding hydrogens is 226 g/mol. The molecule has 18 heavy (non-hydrogen) atoms. The van der Waals surface area contributed by atoms with Crippen LogP contribution < -0.4 is 10.2 Å². The van der Waals surface area contributed by atoms with Crippen LogP contribution >= 0.6 is 0 Å². The number of hydrogen-bond acceptors (Lipinski definition) is 4. The minimum absolute atomic E-state index is 0.679. The first kappa shape index (κ1) is 13.3. The summed E-state index contributed by atoms with van der Waals surface area (Å²) in [6, 6.07) is 2.11. The van der Waals surface area contributed by atoms with Crippen LogP contribution in [0.5, 0.6) is 0 Å². The Kier molecular flexibility index (Phi) is 4.96. The van der Waals surface area contributed by atoms with E-state index >= 15 is 0 Å². The number of nitrogens with one attached hydrogen (secondary N) is 1. The molecule has 1 aromatic heterocycles. The molecule has 0 aromatic carbocycles. The van der Waals surface area contributed by atoms with Gasteiger partial charge in [-0.2, -0.15) is 0 Å². The van der Waals surface area contributed by atoms with Gasteiger partial charge in [0.15, 0.2) is 0 Å². The van der Waals surface area contributed by atoms with E-state index in [4.69, 9.17) is 4.74 Å². The van der Waals surface area contributed by atoms with Gasteiger partial charge in [-0.25, -0.2) is 0 Å². The molecule has 0 unspecified atom stereocenters. The molecule has 0 atom stereocenters. The predicted octanol–water partition coefficient (Wildman–Crippen LogP) is 1.66. The zero-order chi connectivity index (χ0) is 12.8. The summed E-state index contributed by atoms with van der Waals surface area (Å²) in [5.41, 5.74) is 2.57. The van der Waals surface area contributed by atoms with Crippen molar-refractivity contribution in [2.45, 2.75) is 20.4 Å². The minimum Gasteiger partial charge on any atom is -0.378 e. The number of aromatic nitrogens is 1. The highest BCUT2D eigenvalue weighted by molar-refractivity contribution is 5.51. The van der Waals surface area contributed by atoms with Gasteiger partial charge >= 0.3 is 0 Å². The molecule has 1 aromatic rings. The maximum absolute atomic E-state index is 5.40. The van der Waals surface area contributed by atoms with E-state index in [0.29, 0.717) is 5.92 Å². The molecule has 0 spiro atoms. The Hall–Kier alpha value is -1.13. The van der Waals surface area contributed by atoms with Crippen LogP contribution in [0.3, 0.4) is 0 Å². The molecule has 1 aliphatic rings. The van der Waals surface area contributed by atoms with Crippen molar-refractivity contribution in [2.24, 2.45) is 5.92 Å². The van der Waals surface area contributed by atoms with Crippen molar-refractivity contribution in [3.8, 4) is 0 Å². The van der Waals surface area contributed by atoms with Gasteiger partial charge in [0.1, 0.15) is 0 Å². The fourth-order valence-electron chi connectivity index (χ4n) is 2.15. The van der Waals surface area contributed by atoms with Crippen molar-refractivity contribution in [3.05, 3.63) is 24.0 Å². The van der Waals surface area contributed by atoms with Crippen LogP contribution in [0.25, 0.3) is 0 Å². The van der Waals surface area contributed by atoms with Gasteiger partial charge < -0.3 is 15.0 Å². The van der Waals surface area contributed by atoms with Gasteiger partial charge in [-0.1, -0.05) is 13.8 Å². The van der Waals surface area contributed by atoms with Crippen LogP contribution in [-0.4, -0.2) is 37.8 Å². The summed E-state index contributed by atoms with van der Waals surface area (Å²) in [5, 5.41) is 3.49. The van der Waals surface area contributed by atoms with Crippen LogP contribution in [0.2, 0.25) is 0 Å². The van der Waals surface area contributed by atoms with Crippen molar-refractivity contribution in [1.29, 1.82) is 0 Å². The lowest BCUT2D eigenvalue weighted by atomic mass is 10.1. The van der Waals surface area contributed by atoms with Crippen LogP contribution in [-0.2, 0) is 11.3 Å². The molecule has 0 bridgehead atoms. The fraction of sp³-hybridized carbons (Fsp3) is 0.643. The van der Waals surface area contributed by atoms with Crippen molar-refractivity contribution < 1.29 is 4.74 Å². The van der Waals surface area contributed by atoms with E-state index in [9.17, 15) is 0 Å². The molecule has 4 heteroatoms. The maximum Gasteiger partial charge on any atom is 0.0642 e. The second-order valence-corrected chi connectivity index (χ2v) is 5.13. The van der Waals surface area contributed by atoms with Crippen molar-refractivity contribution in [3.63, 3.8) is 0 Å². The summed E-state index contributed by atoms with van der Waals surface area (Å²) >= 11 is 0. The Bertz CT molecular complexity index is 362. The molecule has 0 aliphatic carbocycles. The van der Waals surface area contributed by atoms with E-state index in [1.54, 1.807) is 0 Å². The number of rotatable bonds is 5. The number of morpholine rings is 1. The SMILES string of the molecule is CC(C)CNCc1ccncc1N1CCOCC1. The monoisotopic (exact) mass is 249 g/mol. The van der Waals surface area contributed by atoms with Crippen LogP contribution in [0.15, 0.2) is 18.5 Å². The van der Waals surface area contributed by atoms with E-state index in [0.717, 1.165) is 39.4 Å².